The van der Waals surface area contributed by atoms with Crippen LogP contribution >= 0.6 is 0 Å². The van der Waals surface area contributed by atoms with Crippen LogP contribution in [0.5, 0.6) is 0 Å². The summed E-state index contributed by atoms with van der Waals surface area (Å²) in [5.41, 5.74) is 9.04. The third-order valence-electron chi connectivity index (χ3n) is 3.09. The largest absolute Gasteiger partial charge is 0.350 e. The Morgan fingerprint density at radius 2 is 2.00 bits per heavy atom. The molecule has 1 unspecified atom stereocenters. The number of benzene rings is 1. The third-order valence-corrected chi connectivity index (χ3v) is 3.09. The highest BCUT2D eigenvalue weighted by molar-refractivity contribution is 5.31. The van der Waals surface area contributed by atoms with Crippen molar-refractivity contribution in [3.05, 3.63) is 59.4 Å². The standard InChI is InChI=1S/C15H17N3/c1-2-15(17)14-7-8-18(11-14)10-13-5-3-12(9-16)4-6-13/h3-8,11,15H,2,10,17H2,1H3. The van der Waals surface area contributed by atoms with Gasteiger partial charge in [0, 0.05) is 25.0 Å². The molecule has 1 aromatic heterocycles. The zero-order chi connectivity index (χ0) is 13.0. The minimum atomic E-state index is 0.118. The Kier molecular flexibility index (Phi) is 3.81. The Hall–Kier alpha value is -2.05. The van der Waals surface area contributed by atoms with E-state index in [2.05, 4.69) is 29.8 Å². The molecule has 0 aliphatic carbocycles. The summed E-state index contributed by atoms with van der Waals surface area (Å²) < 4.78 is 2.12. The van der Waals surface area contributed by atoms with Gasteiger partial charge in [-0.05, 0) is 35.7 Å². The first kappa shape index (κ1) is 12.4. The molecular formula is C15H17N3. The van der Waals surface area contributed by atoms with Gasteiger partial charge in [-0.2, -0.15) is 5.26 Å². The second kappa shape index (κ2) is 5.52. The molecule has 0 bridgehead atoms. The summed E-state index contributed by atoms with van der Waals surface area (Å²) in [6.07, 6.45) is 5.08. The van der Waals surface area contributed by atoms with Gasteiger partial charge in [0.15, 0.2) is 0 Å². The lowest BCUT2D eigenvalue weighted by Gasteiger charge is -2.06. The second-order valence-electron chi connectivity index (χ2n) is 4.44. The van der Waals surface area contributed by atoms with Gasteiger partial charge in [0.25, 0.3) is 0 Å². The Morgan fingerprint density at radius 3 is 2.61 bits per heavy atom. The molecule has 92 valence electrons. The van der Waals surface area contributed by atoms with Crippen LogP contribution in [0.4, 0.5) is 0 Å². The SMILES string of the molecule is CCC(N)c1ccn(Cc2ccc(C#N)cc2)c1. The van der Waals surface area contributed by atoms with Crippen LogP contribution in [0.2, 0.25) is 0 Å². The number of nitrogens with zero attached hydrogens (tertiary/aromatic N) is 2. The molecule has 0 saturated heterocycles. The summed E-state index contributed by atoms with van der Waals surface area (Å²) in [7, 11) is 0. The van der Waals surface area contributed by atoms with E-state index in [0.29, 0.717) is 5.56 Å². The predicted octanol–water partition coefficient (Wildman–Crippen LogP) is 2.82. The maximum atomic E-state index is 8.74. The predicted molar refractivity (Wildman–Crippen MR) is 71.9 cm³/mol. The van der Waals surface area contributed by atoms with Crippen molar-refractivity contribution in [3.8, 4) is 6.07 Å². The lowest BCUT2D eigenvalue weighted by molar-refractivity contribution is 0.693. The van der Waals surface area contributed by atoms with Crippen molar-refractivity contribution in [2.45, 2.75) is 25.9 Å². The average Bonchev–Trinajstić information content (AvgIpc) is 2.87. The molecule has 2 aromatic rings. The molecule has 0 saturated carbocycles. The molecular weight excluding hydrogens is 222 g/mol. The lowest BCUT2D eigenvalue weighted by atomic mass is 10.1. The van der Waals surface area contributed by atoms with E-state index in [-0.39, 0.29) is 6.04 Å². The molecule has 1 heterocycles. The molecule has 3 nitrogen and oxygen atoms in total. The number of nitriles is 1. The molecule has 1 atom stereocenters. The van der Waals surface area contributed by atoms with Crippen molar-refractivity contribution in [2.75, 3.05) is 0 Å². The van der Waals surface area contributed by atoms with E-state index in [0.717, 1.165) is 13.0 Å². The van der Waals surface area contributed by atoms with Crippen LogP contribution in [0.1, 0.15) is 36.1 Å². The Bertz CT molecular complexity index is 546. The minimum Gasteiger partial charge on any atom is -0.350 e. The third kappa shape index (κ3) is 2.79. The molecule has 0 radical (unpaired) electrons. The zero-order valence-electron chi connectivity index (χ0n) is 10.5. The highest BCUT2D eigenvalue weighted by Crippen LogP contribution is 2.15. The maximum absolute atomic E-state index is 8.74. The van der Waals surface area contributed by atoms with Crippen molar-refractivity contribution in [2.24, 2.45) is 5.73 Å². The summed E-state index contributed by atoms with van der Waals surface area (Å²) in [4.78, 5) is 0. The molecule has 0 fully saturated rings. The molecule has 0 spiro atoms. The Morgan fingerprint density at radius 1 is 1.28 bits per heavy atom. The minimum absolute atomic E-state index is 0.118. The van der Waals surface area contributed by atoms with E-state index in [4.69, 9.17) is 11.0 Å². The number of hydrogen-bond donors (Lipinski definition) is 1. The highest BCUT2D eigenvalue weighted by atomic mass is 14.9. The van der Waals surface area contributed by atoms with Crippen molar-refractivity contribution < 1.29 is 0 Å². The zero-order valence-corrected chi connectivity index (χ0v) is 10.5. The topological polar surface area (TPSA) is 54.7 Å². The average molecular weight is 239 g/mol. The molecule has 3 heteroatoms. The first-order chi connectivity index (χ1) is 8.72. The van der Waals surface area contributed by atoms with Crippen LogP contribution in [0.15, 0.2) is 42.7 Å². The normalized spacial score (nSPS) is 12.1. The summed E-state index contributed by atoms with van der Waals surface area (Å²) in [6.45, 7) is 2.89. The fourth-order valence-electron chi connectivity index (χ4n) is 1.91. The van der Waals surface area contributed by atoms with Crippen LogP contribution in [0.25, 0.3) is 0 Å². The van der Waals surface area contributed by atoms with Gasteiger partial charge < -0.3 is 10.3 Å². The first-order valence-electron chi connectivity index (χ1n) is 6.13. The van der Waals surface area contributed by atoms with Gasteiger partial charge in [0.05, 0.1) is 11.6 Å². The van der Waals surface area contributed by atoms with Crippen LogP contribution in [0, 0.1) is 11.3 Å². The fourth-order valence-corrected chi connectivity index (χ4v) is 1.91. The molecule has 0 aliphatic rings. The summed E-state index contributed by atoms with van der Waals surface area (Å²) in [5, 5.41) is 8.74. The lowest BCUT2D eigenvalue weighted by Crippen LogP contribution is -2.07. The summed E-state index contributed by atoms with van der Waals surface area (Å²) in [5.74, 6) is 0. The maximum Gasteiger partial charge on any atom is 0.0991 e. The van der Waals surface area contributed by atoms with E-state index in [1.165, 1.54) is 11.1 Å². The van der Waals surface area contributed by atoms with E-state index in [1.807, 2.05) is 30.5 Å². The van der Waals surface area contributed by atoms with Crippen molar-refractivity contribution in [1.82, 2.24) is 4.57 Å². The molecule has 2 N–H and O–H groups in total. The van der Waals surface area contributed by atoms with Gasteiger partial charge >= 0.3 is 0 Å². The van der Waals surface area contributed by atoms with Crippen molar-refractivity contribution in [3.63, 3.8) is 0 Å². The van der Waals surface area contributed by atoms with Crippen molar-refractivity contribution in [1.29, 1.82) is 5.26 Å². The quantitative estimate of drug-likeness (QED) is 0.892. The van der Waals surface area contributed by atoms with Crippen LogP contribution in [-0.2, 0) is 6.54 Å². The Balaban J connectivity index is 2.09. The van der Waals surface area contributed by atoms with E-state index in [9.17, 15) is 0 Å². The van der Waals surface area contributed by atoms with Crippen LogP contribution < -0.4 is 5.73 Å². The van der Waals surface area contributed by atoms with Gasteiger partial charge in [-0.1, -0.05) is 19.1 Å². The van der Waals surface area contributed by atoms with E-state index < -0.39 is 0 Å². The highest BCUT2D eigenvalue weighted by Gasteiger charge is 2.05. The number of hydrogen-bond acceptors (Lipinski definition) is 2. The molecule has 18 heavy (non-hydrogen) atoms. The summed E-state index contributed by atoms with van der Waals surface area (Å²) in [6, 6.07) is 12.0. The number of rotatable bonds is 4. The molecule has 1 aromatic carbocycles. The van der Waals surface area contributed by atoms with Crippen molar-refractivity contribution >= 4 is 0 Å². The molecule has 2 rings (SSSR count). The van der Waals surface area contributed by atoms with Gasteiger partial charge in [0.2, 0.25) is 0 Å². The van der Waals surface area contributed by atoms with E-state index >= 15 is 0 Å². The Labute approximate surface area is 107 Å². The second-order valence-corrected chi connectivity index (χ2v) is 4.44. The molecule has 0 amide bonds. The van der Waals surface area contributed by atoms with E-state index in [1.54, 1.807) is 0 Å². The molecule has 0 aliphatic heterocycles. The number of aromatic nitrogens is 1. The van der Waals surface area contributed by atoms with Crippen LogP contribution in [-0.4, -0.2) is 4.57 Å². The fraction of sp³-hybridized carbons (Fsp3) is 0.267. The number of nitrogens with two attached hydrogens (primary N) is 1. The van der Waals surface area contributed by atoms with Gasteiger partial charge in [-0.15, -0.1) is 0 Å². The smallest absolute Gasteiger partial charge is 0.0991 e. The summed E-state index contributed by atoms with van der Waals surface area (Å²) >= 11 is 0. The monoisotopic (exact) mass is 239 g/mol. The van der Waals surface area contributed by atoms with Gasteiger partial charge in [-0.3, -0.25) is 0 Å². The van der Waals surface area contributed by atoms with Crippen LogP contribution in [0.3, 0.4) is 0 Å². The van der Waals surface area contributed by atoms with Gasteiger partial charge in [0.1, 0.15) is 0 Å². The van der Waals surface area contributed by atoms with Gasteiger partial charge in [-0.25, -0.2) is 0 Å². The first-order valence-corrected chi connectivity index (χ1v) is 6.13.